The molecule has 0 amide bonds. The van der Waals surface area contributed by atoms with Crippen molar-refractivity contribution in [3.8, 4) is 22.6 Å². The minimum Gasteiger partial charge on any atom is -0.299 e. The number of aryl methyl sites for hydroxylation is 2. The first-order chi connectivity index (χ1) is 15.7. The van der Waals surface area contributed by atoms with Crippen LogP contribution in [0.5, 0.6) is 0 Å². The summed E-state index contributed by atoms with van der Waals surface area (Å²) in [7, 11) is 0. The van der Waals surface area contributed by atoms with Crippen molar-refractivity contribution >= 4 is 0 Å². The van der Waals surface area contributed by atoms with Crippen molar-refractivity contribution in [1.82, 2.24) is 34.7 Å². The van der Waals surface area contributed by atoms with Gasteiger partial charge in [0.1, 0.15) is 5.69 Å². The van der Waals surface area contributed by atoms with Crippen LogP contribution in [-0.4, -0.2) is 34.7 Å². The molecule has 8 nitrogen and oxygen atoms in total. The lowest BCUT2D eigenvalue weighted by Gasteiger charge is -2.10. The van der Waals surface area contributed by atoms with Crippen molar-refractivity contribution in [2.45, 2.75) is 59.0 Å². The zero-order valence-corrected chi connectivity index (χ0v) is 18.7. The van der Waals surface area contributed by atoms with Gasteiger partial charge in [0.2, 0.25) is 0 Å². The SMILES string of the molecule is CCCCc1cn(CCCC)c(=O)n1Cc1ccc(-c2cccnc2-c2nnn[nH]2)cc1. The van der Waals surface area contributed by atoms with Gasteiger partial charge >= 0.3 is 5.69 Å². The van der Waals surface area contributed by atoms with Gasteiger partial charge < -0.3 is 0 Å². The molecule has 166 valence electrons. The van der Waals surface area contributed by atoms with Crippen molar-refractivity contribution < 1.29 is 0 Å². The Morgan fingerprint density at radius 1 is 1.03 bits per heavy atom. The van der Waals surface area contributed by atoms with E-state index >= 15 is 0 Å². The number of aromatic amines is 1. The van der Waals surface area contributed by atoms with Crippen LogP contribution in [0.25, 0.3) is 22.6 Å². The van der Waals surface area contributed by atoms with Gasteiger partial charge in [-0.2, -0.15) is 0 Å². The lowest BCUT2D eigenvalue weighted by atomic mass is 10.0. The van der Waals surface area contributed by atoms with Crippen molar-refractivity contribution in [2.75, 3.05) is 0 Å². The van der Waals surface area contributed by atoms with Crippen molar-refractivity contribution in [2.24, 2.45) is 0 Å². The van der Waals surface area contributed by atoms with Gasteiger partial charge in [0.05, 0.1) is 6.54 Å². The summed E-state index contributed by atoms with van der Waals surface area (Å²) in [5.41, 5.74) is 4.96. The molecule has 8 heteroatoms. The van der Waals surface area contributed by atoms with Gasteiger partial charge in [-0.05, 0) is 46.9 Å². The average molecular weight is 432 g/mol. The summed E-state index contributed by atoms with van der Waals surface area (Å²) >= 11 is 0. The molecule has 32 heavy (non-hydrogen) atoms. The van der Waals surface area contributed by atoms with Crippen LogP contribution in [0.15, 0.2) is 53.6 Å². The second kappa shape index (κ2) is 10.2. The first-order valence-corrected chi connectivity index (χ1v) is 11.3. The molecule has 4 aromatic rings. The number of hydrogen-bond acceptors (Lipinski definition) is 5. The molecule has 1 N–H and O–H groups in total. The number of H-pyrrole nitrogens is 1. The minimum absolute atomic E-state index is 0.0843. The first kappa shape index (κ1) is 21.7. The highest BCUT2D eigenvalue weighted by molar-refractivity contribution is 5.77. The average Bonchev–Trinajstić information content (AvgIpc) is 3.46. The molecule has 0 aliphatic rings. The van der Waals surface area contributed by atoms with Gasteiger partial charge in [0, 0.05) is 30.2 Å². The van der Waals surface area contributed by atoms with E-state index in [9.17, 15) is 4.79 Å². The number of benzene rings is 1. The number of imidazole rings is 1. The minimum atomic E-state index is 0.0843. The molecule has 3 heterocycles. The van der Waals surface area contributed by atoms with E-state index in [0.717, 1.165) is 61.0 Å². The predicted molar refractivity (Wildman–Crippen MR) is 124 cm³/mol. The standard InChI is InChI=1S/C24H29N7O/c1-3-5-8-20-17-30(15-6-4-2)24(32)31(20)16-18-10-12-19(13-11-18)21-9-7-14-25-22(21)23-26-28-29-27-23/h7,9-14,17H,3-6,8,15-16H2,1-2H3,(H,26,27,28,29). The van der Waals surface area contributed by atoms with Crippen LogP contribution in [0.4, 0.5) is 0 Å². The van der Waals surface area contributed by atoms with E-state index in [-0.39, 0.29) is 5.69 Å². The Morgan fingerprint density at radius 2 is 1.84 bits per heavy atom. The number of unbranched alkanes of at least 4 members (excludes halogenated alkanes) is 2. The second-order valence-electron chi connectivity index (χ2n) is 7.99. The molecule has 0 fully saturated rings. The molecule has 3 aromatic heterocycles. The Morgan fingerprint density at radius 3 is 2.56 bits per heavy atom. The van der Waals surface area contributed by atoms with Crippen LogP contribution in [0.2, 0.25) is 0 Å². The number of pyridine rings is 1. The fourth-order valence-corrected chi connectivity index (χ4v) is 3.86. The number of aromatic nitrogens is 7. The van der Waals surface area contributed by atoms with E-state index in [1.165, 1.54) is 0 Å². The third-order valence-electron chi connectivity index (χ3n) is 5.65. The summed E-state index contributed by atoms with van der Waals surface area (Å²) in [4.78, 5) is 17.5. The van der Waals surface area contributed by atoms with Crippen molar-refractivity contribution in [3.63, 3.8) is 0 Å². The summed E-state index contributed by atoms with van der Waals surface area (Å²) in [6, 6.07) is 12.2. The van der Waals surface area contributed by atoms with Crippen LogP contribution in [-0.2, 0) is 19.5 Å². The van der Waals surface area contributed by atoms with Gasteiger partial charge in [-0.3, -0.25) is 14.1 Å². The second-order valence-corrected chi connectivity index (χ2v) is 7.99. The molecule has 0 aliphatic carbocycles. The maximum Gasteiger partial charge on any atom is 0.328 e. The quantitative estimate of drug-likeness (QED) is 0.408. The Labute approximate surface area is 187 Å². The number of tetrazole rings is 1. The maximum absolute atomic E-state index is 13.0. The molecule has 0 saturated carbocycles. The van der Waals surface area contributed by atoms with Gasteiger partial charge in [-0.15, -0.1) is 5.10 Å². The zero-order chi connectivity index (χ0) is 22.3. The van der Waals surface area contributed by atoms with E-state index in [0.29, 0.717) is 18.1 Å². The van der Waals surface area contributed by atoms with Gasteiger partial charge in [-0.25, -0.2) is 9.89 Å². The Hall–Kier alpha value is -3.55. The molecule has 1 aromatic carbocycles. The molecule has 0 spiro atoms. The van der Waals surface area contributed by atoms with Crippen LogP contribution < -0.4 is 5.69 Å². The van der Waals surface area contributed by atoms with Gasteiger partial charge in [0.15, 0.2) is 5.82 Å². The molecule has 0 radical (unpaired) electrons. The van der Waals surface area contributed by atoms with Gasteiger partial charge in [0.25, 0.3) is 0 Å². The zero-order valence-electron chi connectivity index (χ0n) is 18.7. The maximum atomic E-state index is 13.0. The largest absolute Gasteiger partial charge is 0.328 e. The molecule has 0 unspecified atom stereocenters. The smallest absolute Gasteiger partial charge is 0.299 e. The number of nitrogens with zero attached hydrogens (tertiary/aromatic N) is 6. The first-order valence-electron chi connectivity index (χ1n) is 11.3. The third kappa shape index (κ3) is 4.69. The van der Waals surface area contributed by atoms with Gasteiger partial charge in [-0.1, -0.05) is 57.0 Å². The monoisotopic (exact) mass is 431 g/mol. The molecular weight excluding hydrogens is 402 g/mol. The van der Waals surface area contributed by atoms with E-state index in [1.54, 1.807) is 6.20 Å². The van der Waals surface area contributed by atoms with Crippen LogP contribution in [0.1, 0.15) is 50.8 Å². The van der Waals surface area contributed by atoms with E-state index in [2.05, 4.69) is 69.9 Å². The molecule has 0 aliphatic heterocycles. The highest BCUT2D eigenvalue weighted by Crippen LogP contribution is 2.28. The van der Waals surface area contributed by atoms with Crippen LogP contribution in [0.3, 0.4) is 0 Å². The highest BCUT2D eigenvalue weighted by atomic mass is 16.1. The van der Waals surface area contributed by atoms with Crippen LogP contribution >= 0.6 is 0 Å². The summed E-state index contributed by atoms with van der Waals surface area (Å²) in [5, 5.41) is 14.1. The number of hydrogen-bond donors (Lipinski definition) is 1. The Balaban J connectivity index is 1.60. The molecule has 0 saturated heterocycles. The fraction of sp³-hybridized carbons (Fsp3) is 0.375. The lowest BCUT2D eigenvalue weighted by Crippen LogP contribution is -2.25. The van der Waals surface area contributed by atoms with Crippen LogP contribution in [0, 0.1) is 0 Å². The topological polar surface area (TPSA) is 94.3 Å². The summed E-state index contributed by atoms with van der Waals surface area (Å²) < 4.78 is 3.80. The Bertz CT molecular complexity index is 1190. The molecule has 0 bridgehead atoms. The van der Waals surface area contributed by atoms with Crippen molar-refractivity contribution in [3.05, 3.63) is 70.5 Å². The third-order valence-corrected chi connectivity index (χ3v) is 5.65. The summed E-state index contributed by atoms with van der Waals surface area (Å²) in [6.07, 6.45) is 8.98. The molecule has 0 atom stereocenters. The predicted octanol–water partition coefficient (Wildman–Crippen LogP) is 4.08. The number of rotatable bonds is 10. The Kier molecular flexibility index (Phi) is 6.89. The van der Waals surface area contributed by atoms with E-state index in [4.69, 9.17) is 0 Å². The summed E-state index contributed by atoms with van der Waals surface area (Å²) in [5.74, 6) is 0.533. The van der Waals surface area contributed by atoms with E-state index < -0.39 is 0 Å². The highest BCUT2D eigenvalue weighted by Gasteiger charge is 2.14. The molecule has 4 rings (SSSR count). The lowest BCUT2D eigenvalue weighted by molar-refractivity contribution is 0.591. The normalized spacial score (nSPS) is 11.2. The fourth-order valence-electron chi connectivity index (χ4n) is 3.86. The molecular formula is C24H29N7O. The number of nitrogens with one attached hydrogen (secondary N) is 1. The van der Waals surface area contributed by atoms with Crippen molar-refractivity contribution in [1.29, 1.82) is 0 Å². The van der Waals surface area contributed by atoms with E-state index in [1.807, 2.05) is 21.3 Å². The summed E-state index contributed by atoms with van der Waals surface area (Å²) in [6.45, 7) is 5.68.